The predicted molar refractivity (Wildman–Crippen MR) is 94.4 cm³/mol. The summed E-state index contributed by atoms with van der Waals surface area (Å²) in [7, 11) is 0. The molecule has 0 aliphatic heterocycles. The average molecular weight is 380 g/mol. The van der Waals surface area contributed by atoms with E-state index in [1.807, 2.05) is 0 Å². The number of para-hydroxylation sites is 1. The van der Waals surface area contributed by atoms with Crippen molar-refractivity contribution in [2.75, 3.05) is 5.32 Å². The number of carbonyl (C=O) groups is 1. The number of hydrogen-bond acceptors (Lipinski definition) is 3. The number of rotatable bonds is 5. The van der Waals surface area contributed by atoms with E-state index in [0.717, 1.165) is 5.56 Å². The maximum atomic E-state index is 13.5. The molecule has 1 aromatic heterocycles. The Morgan fingerprint density at radius 3 is 2.68 bits per heavy atom. The maximum Gasteiger partial charge on any atom is 0.265 e. The van der Waals surface area contributed by atoms with Crippen molar-refractivity contribution in [3.63, 3.8) is 0 Å². The van der Waals surface area contributed by atoms with E-state index in [1.54, 1.807) is 23.6 Å². The molecule has 2 aromatic carbocycles. The molecule has 25 heavy (non-hydrogen) atoms. The number of nitrogens with one attached hydrogen (secondary N) is 1. The normalized spacial score (nSPS) is 10.5. The van der Waals surface area contributed by atoms with Gasteiger partial charge in [-0.05, 0) is 41.8 Å². The summed E-state index contributed by atoms with van der Waals surface area (Å²) in [5, 5.41) is 4.33. The van der Waals surface area contributed by atoms with Crippen LogP contribution in [0.3, 0.4) is 0 Å². The van der Waals surface area contributed by atoms with Crippen LogP contribution in [0.5, 0.6) is 5.75 Å². The molecule has 1 amide bonds. The van der Waals surface area contributed by atoms with E-state index in [1.165, 1.54) is 41.7 Å². The topological polar surface area (TPSA) is 38.3 Å². The van der Waals surface area contributed by atoms with Crippen LogP contribution in [0.1, 0.15) is 15.2 Å². The lowest BCUT2D eigenvalue weighted by Crippen LogP contribution is -2.10. The summed E-state index contributed by atoms with van der Waals surface area (Å²) in [6, 6.07) is 11.7. The molecule has 0 aliphatic carbocycles. The molecule has 0 atom stereocenters. The quantitative estimate of drug-likeness (QED) is 0.634. The van der Waals surface area contributed by atoms with Gasteiger partial charge in [0.2, 0.25) is 0 Å². The molecule has 3 rings (SSSR count). The Balaban J connectivity index is 1.63. The van der Waals surface area contributed by atoms with Gasteiger partial charge in [-0.25, -0.2) is 8.78 Å². The monoisotopic (exact) mass is 379 g/mol. The molecule has 0 fully saturated rings. The summed E-state index contributed by atoms with van der Waals surface area (Å²) in [6.45, 7) is 0.146. The van der Waals surface area contributed by atoms with Crippen LogP contribution in [0.2, 0.25) is 5.02 Å². The molecule has 7 heteroatoms. The fourth-order valence-electron chi connectivity index (χ4n) is 2.06. The van der Waals surface area contributed by atoms with Crippen molar-refractivity contribution in [2.45, 2.75) is 6.61 Å². The first kappa shape index (κ1) is 17.4. The van der Waals surface area contributed by atoms with Gasteiger partial charge in [0.15, 0.2) is 11.6 Å². The van der Waals surface area contributed by atoms with Crippen molar-refractivity contribution >= 4 is 34.5 Å². The van der Waals surface area contributed by atoms with Gasteiger partial charge in [-0.15, -0.1) is 11.3 Å². The van der Waals surface area contributed by atoms with Gasteiger partial charge in [-0.2, -0.15) is 0 Å². The Bertz CT molecular complexity index is 914. The van der Waals surface area contributed by atoms with Gasteiger partial charge in [-0.3, -0.25) is 4.79 Å². The Hall–Kier alpha value is -2.44. The van der Waals surface area contributed by atoms with Gasteiger partial charge in [0.25, 0.3) is 5.91 Å². The lowest BCUT2D eigenvalue weighted by molar-refractivity contribution is 0.103. The number of amides is 1. The molecule has 0 radical (unpaired) electrons. The highest BCUT2D eigenvalue weighted by atomic mass is 35.5. The first-order chi connectivity index (χ1) is 12.0. The molecule has 1 heterocycles. The molecule has 0 saturated carbocycles. The van der Waals surface area contributed by atoms with Crippen molar-refractivity contribution in [3.8, 4) is 5.75 Å². The molecule has 0 saturated heterocycles. The summed E-state index contributed by atoms with van der Waals surface area (Å²) in [5.74, 6) is -1.18. The minimum atomic E-state index is -0.552. The Kier molecular flexibility index (Phi) is 5.31. The number of benzene rings is 2. The van der Waals surface area contributed by atoms with Crippen molar-refractivity contribution < 1.29 is 18.3 Å². The third-order valence-electron chi connectivity index (χ3n) is 3.29. The molecule has 0 spiro atoms. The summed E-state index contributed by atoms with van der Waals surface area (Å²) < 4.78 is 32.0. The van der Waals surface area contributed by atoms with Crippen LogP contribution in [0, 0.1) is 11.6 Å². The van der Waals surface area contributed by atoms with Crippen LogP contribution in [0.4, 0.5) is 14.5 Å². The SMILES string of the molecule is O=C(Nc1ccc(F)c(Cl)c1)c1cc(COc2ccccc2F)cs1. The molecule has 0 unspecified atom stereocenters. The van der Waals surface area contributed by atoms with E-state index in [-0.39, 0.29) is 23.3 Å². The van der Waals surface area contributed by atoms with Crippen LogP contribution in [-0.2, 0) is 6.61 Å². The van der Waals surface area contributed by atoms with E-state index in [4.69, 9.17) is 16.3 Å². The third-order valence-corrected chi connectivity index (χ3v) is 4.55. The van der Waals surface area contributed by atoms with E-state index in [9.17, 15) is 13.6 Å². The van der Waals surface area contributed by atoms with Crippen LogP contribution >= 0.6 is 22.9 Å². The maximum absolute atomic E-state index is 13.5. The lowest BCUT2D eigenvalue weighted by atomic mass is 10.3. The Labute approximate surface area is 151 Å². The van der Waals surface area contributed by atoms with E-state index in [2.05, 4.69) is 5.32 Å². The van der Waals surface area contributed by atoms with Crippen LogP contribution in [0.15, 0.2) is 53.9 Å². The minimum Gasteiger partial charge on any atom is -0.486 e. The number of hydrogen-bond donors (Lipinski definition) is 1. The highest BCUT2D eigenvalue weighted by Crippen LogP contribution is 2.23. The highest BCUT2D eigenvalue weighted by molar-refractivity contribution is 7.12. The number of halogens is 3. The van der Waals surface area contributed by atoms with Gasteiger partial charge in [0.1, 0.15) is 12.4 Å². The number of ether oxygens (including phenoxy) is 1. The predicted octanol–water partition coefficient (Wildman–Crippen LogP) is 5.51. The molecule has 1 N–H and O–H groups in total. The lowest BCUT2D eigenvalue weighted by Gasteiger charge is -2.05. The van der Waals surface area contributed by atoms with Crippen molar-refractivity contribution in [3.05, 3.63) is 81.0 Å². The standard InChI is InChI=1S/C18H12ClF2NO2S/c19-13-8-12(5-6-14(13)20)22-18(23)17-7-11(10-25-17)9-24-16-4-2-1-3-15(16)21/h1-8,10H,9H2,(H,22,23). The number of carbonyl (C=O) groups excluding carboxylic acids is 1. The molecular weight excluding hydrogens is 368 g/mol. The number of thiophene rings is 1. The van der Waals surface area contributed by atoms with Gasteiger partial charge in [0.05, 0.1) is 9.90 Å². The van der Waals surface area contributed by atoms with Crippen LogP contribution < -0.4 is 10.1 Å². The summed E-state index contributed by atoms with van der Waals surface area (Å²) in [5.41, 5.74) is 1.14. The first-order valence-corrected chi connectivity index (χ1v) is 8.50. The average Bonchev–Trinajstić information content (AvgIpc) is 3.07. The van der Waals surface area contributed by atoms with Crippen molar-refractivity contribution in [1.29, 1.82) is 0 Å². The Morgan fingerprint density at radius 2 is 1.92 bits per heavy atom. The van der Waals surface area contributed by atoms with E-state index in [0.29, 0.717) is 10.6 Å². The summed E-state index contributed by atoms with van der Waals surface area (Å²) in [6.07, 6.45) is 0. The summed E-state index contributed by atoms with van der Waals surface area (Å²) in [4.78, 5) is 12.7. The largest absolute Gasteiger partial charge is 0.486 e. The first-order valence-electron chi connectivity index (χ1n) is 7.24. The molecule has 3 nitrogen and oxygen atoms in total. The smallest absolute Gasteiger partial charge is 0.265 e. The molecule has 3 aromatic rings. The van der Waals surface area contributed by atoms with E-state index >= 15 is 0 Å². The van der Waals surface area contributed by atoms with E-state index < -0.39 is 11.6 Å². The molecule has 0 aliphatic rings. The molecule has 128 valence electrons. The highest BCUT2D eigenvalue weighted by Gasteiger charge is 2.11. The molecular formula is C18H12ClF2NO2S. The summed E-state index contributed by atoms with van der Waals surface area (Å²) >= 11 is 6.92. The Morgan fingerprint density at radius 1 is 1.12 bits per heavy atom. The third kappa shape index (κ3) is 4.35. The zero-order chi connectivity index (χ0) is 17.8. The number of anilines is 1. The van der Waals surface area contributed by atoms with Gasteiger partial charge < -0.3 is 10.1 Å². The van der Waals surface area contributed by atoms with Gasteiger partial charge in [0, 0.05) is 11.3 Å². The van der Waals surface area contributed by atoms with Gasteiger partial charge >= 0.3 is 0 Å². The molecule has 0 bridgehead atoms. The fourth-order valence-corrected chi connectivity index (χ4v) is 3.03. The second-order valence-electron chi connectivity index (χ2n) is 5.12. The zero-order valence-electron chi connectivity index (χ0n) is 12.8. The van der Waals surface area contributed by atoms with Crippen molar-refractivity contribution in [1.82, 2.24) is 0 Å². The minimum absolute atomic E-state index is 0.0667. The second kappa shape index (κ2) is 7.63. The second-order valence-corrected chi connectivity index (χ2v) is 6.44. The fraction of sp³-hybridized carbons (Fsp3) is 0.0556. The van der Waals surface area contributed by atoms with Crippen molar-refractivity contribution in [2.24, 2.45) is 0 Å². The van der Waals surface area contributed by atoms with Crippen LogP contribution in [-0.4, -0.2) is 5.91 Å². The van der Waals surface area contributed by atoms with Gasteiger partial charge in [-0.1, -0.05) is 23.7 Å². The zero-order valence-corrected chi connectivity index (χ0v) is 14.3. The van der Waals surface area contributed by atoms with Crippen LogP contribution in [0.25, 0.3) is 0 Å².